The van der Waals surface area contributed by atoms with Crippen LogP contribution in [-0.2, 0) is 9.16 Å². The molecule has 0 aliphatic carbocycles. The first-order valence-electron chi connectivity index (χ1n) is 10.2. The third-order valence-corrected chi connectivity index (χ3v) is 10.6. The summed E-state index contributed by atoms with van der Waals surface area (Å²) in [6.45, 7) is 18.9. The third-order valence-electron chi connectivity index (χ3n) is 5.19. The Hall–Kier alpha value is -1.77. The molecule has 0 saturated heterocycles. The fraction of sp³-hybridized carbons (Fsp3) is 0.591. The number of carbonyl (C=O) groups is 1. The van der Waals surface area contributed by atoms with Crippen LogP contribution >= 0.6 is 11.3 Å². The van der Waals surface area contributed by atoms with Crippen molar-refractivity contribution in [2.75, 3.05) is 6.61 Å². The molecule has 0 spiro atoms. The maximum Gasteiger partial charge on any atom is 0.408 e. The number of hydrogen-bond acceptors (Lipinski definition) is 6. The van der Waals surface area contributed by atoms with Gasteiger partial charge in [-0.3, -0.25) is 0 Å². The lowest BCUT2D eigenvalue weighted by atomic mass is 10.1. The Morgan fingerprint density at radius 2 is 1.70 bits per heavy atom. The molecule has 1 heterocycles. The molecule has 0 saturated carbocycles. The summed E-state index contributed by atoms with van der Waals surface area (Å²) < 4.78 is 11.9. The number of rotatable bonds is 6. The standard InChI is InChI=1S/C22H35N3O3SSi/c1-15-24-25-19(29-15)17-12-10-16(11-13-17)18(23-20(26)28-21(2,3)4)14-27-30(8,9)22(5,6)7/h10-13,18H,14H2,1-9H3,(H,23,26)/t18-/m0/s1. The first-order chi connectivity index (χ1) is 13.7. The molecule has 1 atom stereocenters. The number of ether oxygens (including phenoxy) is 1. The highest BCUT2D eigenvalue weighted by Crippen LogP contribution is 2.37. The number of aromatic nitrogens is 2. The van der Waals surface area contributed by atoms with Crippen molar-refractivity contribution in [3.8, 4) is 10.6 Å². The normalized spacial score (nSPS) is 13.8. The van der Waals surface area contributed by atoms with Gasteiger partial charge >= 0.3 is 6.09 Å². The van der Waals surface area contributed by atoms with Gasteiger partial charge in [0.15, 0.2) is 8.32 Å². The highest BCUT2D eigenvalue weighted by molar-refractivity contribution is 7.14. The number of alkyl carbamates (subject to hydrolysis) is 1. The monoisotopic (exact) mass is 449 g/mol. The largest absolute Gasteiger partial charge is 0.444 e. The zero-order valence-electron chi connectivity index (χ0n) is 19.6. The van der Waals surface area contributed by atoms with Gasteiger partial charge in [-0.05, 0) is 51.4 Å². The van der Waals surface area contributed by atoms with Gasteiger partial charge in [0.2, 0.25) is 0 Å². The molecule has 0 aliphatic rings. The molecule has 2 rings (SSSR count). The lowest BCUT2D eigenvalue weighted by Crippen LogP contribution is -2.44. The van der Waals surface area contributed by atoms with Crippen LogP contribution in [0.3, 0.4) is 0 Å². The molecule has 0 bridgehead atoms. The number of benzene rings is 1. The minimum absolute atomic E-state index is 0.0863. The second-order valence-corrected chi connectivity index (χ2v) is 16.0. The number of nitrogens with one attached hydrogen (secondary N) is 1. The predicted octanol–water partition coefficient (Wildman–Crippen LogP) is 6.10. The number of amides is 1. The fourth-order valence-corrected chi connectivity index (χ4v) is 4.16. The number of hydrogen-bond donors (Lipinski definition) is 1. The van der Waals surface area contributed by atoms with Crippen molar-refractivity contribution >= 4 is 25.7 Å². The van der Waals surface area contributed by atoms with Gasteiger partial charge in [0.25, 0.3) is 0 Å². The van der Waals surface area contributed by atoms with E-state index in [0.717, 1.165) is 21.1 Å². The van der Waals surface area contributed by atoms with Gasteiger partial charge in [-0.1, -0.05) is 56.4 Å². The highest BCUT2D eigenvalue weighted by Gasteiger charge is 2.38. The molecule has 8 heteroatoms. The van der Waals surface area contributed by atoms with Crippen LogP contribution in [-0.4, -0.2) is 36.8 Å². The topological polar surface area (TPSA) is 73.3 Å². The molecule has 1 amide bonds. The minimum atomic E-state index is -1.97. The third kappa shape index (κ3) is 6.89. The minimum Gasteiger partial charge on any atom is -0.444 e. The van der Waals surface area contributed by atoms with Crippen molar-refractivity contribution in [2.45, 2.75) is 78.2 Å². The molecule has 0 radical (unpaired) electrons. The molecule has 166 valence electrons. The van der Waals surface area contributed by atoms with Gasteiger partial charge in [0.05, 0.1) is 12.6 Å². The molecular formula is C22H35N3O3SSi. The molecule has 1 aromatic heterocycles. The molecule has 30 heavy (non-hydrogen) atoms. The Labute approximate surface area is 185 Å². The lowest BCUT2D eigenvalue weighted by molar-refractivity contribution is 0.0484. The second-order valence-electron chi connectivity index (χ2n) is 10.0. The van der Waals surface area contributed by atoms with Gasteiger partial charge in [-0.15, -0.1) is 10.2 Å². The molecule has 0 unspecified atom stereocenters. The molecule has 0 aliphatic heterocycles. The summed E-state index contributed by atoms with van der Waals surface area (Å²) >= 11 is 1.56. The zero-order chi connectivity index (χ0) is 22.7. The van der Waals surface area contributed by atoms with E-state index in [2.05, 4.69) is 49.4 Å². The van der Waals surface area contributed by atoms with Gasteiger partial charge in [-0.25, -0.2) is 4.79 Å². The van der Waals surface area contributed by atoms with Crippen molar-refractivity contribution < 1.29 is 14.0 Å². The van der Waals surface area contributed by atoms with Crippen LogP contribution in [0.15, 0.2) is 24.3 Å². The van der Waals surface area contributed by atoms with E-state index in [-0.39, 0.29) is 11.1 Å². The Morgan fingerprint density at radius 1 is 1.10 bits per heavy atom. The van der Waals surface area contributed by atoms with E-state index in [4.69, 9.17) is 9.16 Å². The Morgan fingerprint density at radius 3 is 2.17 bits per heavy atom. The van der Waals surface area contributed by atoms with E-state index in [1.165, 1.54) is 0 Å². The highest BCUT2D eigenvalue weighted by atomic mass is 32.1. The summed E-state index contributed by atoms with van der Waals surface area (Å²) in [5.74, 6) is 0. The van der Waals surface area contributed by atoms with Gasteiger partial charge in [-0.2, -0.15) is 0 Å². The predicted molar refractivity (Wildman–Crippen MR) is 125 cm³/mol. The summed E-state index contributed by atoms with van der Waals surface area (Å²) in [6.07, 6.45) is -0.449. The first-order valence-corrected chi connectivity index (χ1v) is 13.9. The smallest absolute Gasteiger partial charge is 0.408 e. The maximum absolute atomic E-state index is 12.5. The Bertz CT molecular complexity index is 852. The van der Waals surface area contributed by atoms with Crippen molar-refractivity contribution in [3.63, 3.8) is 0 Å². The molecule has 6 nitrogen and oxygen atoms in total. The average Bonchev–Trinajstić information content (AvgIpc) is 3.02. The number of aryl methyl sites for hydroxylation is 1. The van der Waals surface area contributed by atoms with Crippen LogP contribution in [0.1, 0.15) is 58.2 Å². The van der Waals surface area contributed by atoms with Crippen molar-refractivity contribution in [3.05, 3.63) is 34.8 Å². The van der Waals surface area contributed by atoms with Crippen LogP contribution in [0.2, 0.25) is 18.1 Å². The van der Waals surface area contributed by atoms with E-state index < -0.39 is 20.0 Å². The van der Waals surface area contributed by atoms with E-state index in [0.29, 0.717) is 6.61 Å². The summed E-state index contributed by atoms with van der Waals surface area (Å²) in [4.78, 5) is 12.5. The summed E-state index contributed by atoms with van der Waals surface area (Å²) in [7, 11) is -1.97. The lowest BCUT2D eigenvalue weighted by Gasteiger charge is -2.37. The van der Waals surface area contributed by atoms with Crippen LogP contribution < -0.4 is 5.32 Å². The van der Waals surface area contributed by atoms with Crippen LogP contribution in [0.25, 0.3) is 10.6 Å². The van der Waals surface area contributed by atoms with E-state index >= 15 is 0 Å². The molecular weight excluding hydrogens is 414 g/mol. The van der Waals surface area contributed by atoms with Crippen molar-refractivity contribution in [1.29, 1.82) is 0 Å². The van der Waals surface area contributed by atoms with Crippen molar-refractivity contribution in [2.24, 2.45) is 0 Å². The Balaban J connectivity index is 2.22. The SMILES string of the molecule is Cc1nnc(-c2ccc([C@H](CO[Si](C)(C)C(C)(C)C)NC(=O)OC(C)(C)C)cc2)s1. The van der Waals surface area contributed by atoms with Gasteiger partial charge < -0.3 is 14.5 Å². The summed E-state index contributed by atoms with van der Waals surface area (Å²) in [5, 5.41) is 13.2. The van der Waals surface area contributed by atoms with Gasteiger partial charge in [0.1, 0.15) is 15.6 Å². The summed E-state index contributed by atoms with van der Waals surface area (Å²) in [5.41, 5.74) is 1.41. The Kier molecular flexibility index (Phi) is 7.48. The maximum atomic E-state index is 12.5. The second kappa shape index (κ2) is 9.16. The van der Waals surface area contributed by atoms with E-state index in [1.807, 2.05) is 52.0 Å². The molecule has 1 N–H and O–H groups in total. The number of nitrogens with zero attached hydrogens (tertiary/aromatic N) is 2. The molecule has 2 aromatic rings. The van der Waals surface area contributed by atoms with Crippen LogP contribution in [0.5, 0.6) is 0 Å². The molecule has 1 aromatic carbocycles. The van der Waals surface area contributed by atoms with E-state index in [9.17, 15) is 4.79 Å². The fourth-order valence-electron chi connectivity index (χ4n) is 2.45. The van der Waals surface area contributed by atoms with Gasteiger partial charge in [0, 0.05) is 5.56 Å². The quantitative estimate of drug-likeness (QED) is 0.539. The first kappa shape index (κ1) is 24.5. The average molecular weight is 450 g/mol. The summed E-state index contributed by atoms with van der Waals surface area (Å²) in [6, 6.07) is 7.71. The number of carbonyl (C=O) groups excluding carboxylic acids is 1. The van der Waals surface area contributed by atoms with Crippen molar-refractivity contribution in [1.82, 2.24) is 15.5 Å². The van der Waals surface area contributed by atoms with Crippen LogP contribution in [0.4, 0.5) is 4.79 Å². The molecule has 0 fully saturated rings. The van der Waals surface area contributed by atoms with Crippen LogP contribution in [0, 0.1) is 6.92 Å². The zero-order valence-corrected chi connectivity index (χ0v) is 21.4. The van der Waals surface area contributed by atoms with E-state index in [1.54, 1.807) is 11.3 Å².